The smallest absolute Gasteiger partial charge is 0.230 e. The molecule has 1 atom stereocenters. The summed E-state index contributed by atoms with van der Waals surface area (Å²) >= 11 is 0. The van der Waals surface area contributed by atoms with E-state index in [1.54, 1.807) is 0 Å². The van der Waals surface area contributed by atoms with Crippen molar-refractivity contribution in [2.45, 2.75) is 69.9 Å². The van der Waals surface area contributed by atoms with E-state index in [1.165, 1.54) is 24.0 Å². The first-order valence-electron chi connectivity index (χ1n) is 9.90. The zero-order valence-corrected chi connectivity index (χ0v) is 14.9. The molecule has 1 saturated heterocycles. The third-order valence-electron chi connectivity index (χ3n) is 6.26. The van der Waals surface area contributed by atoms with Crippen molar-refractivity contribution < 1.29 is 4.79 Å². The Morgan fingerprint density at radius 2 is 1.79 bits per heavy atom. The molecule has 0 unspecified atom stereocenters. The standard InChI is InChI=1S/C21H30N2O/c1-2-22-14-12-18(13-15-22)23(17-10-11-17)21(24)20-9-5-7-16-6-3-4-8-19(16)20/h3-4,6,8,17-18,20H,2,5,7,9-15H2,1H3/t20-/m1/s1. The molecule has 4 rings (SSSR count). The van der Waals surface area contributed by atoms with Gasteiger partial charge in [0.05, 0.1) is 5.92 Å². The largest absolute Gasteiger partial charge is 0.336 e. The summed E-state index contributed by atoms with van der Waals surface area (Å²) in [7, 11) is 0. The molecule has 0 N–H and O–H groups in total. The Labute approximate surface area is 146 Å². The van der Waals surface area contributed by atoms with Crippen LogP contribution in [0, 0.1) is 0 Å². The van der Waals surface area contributed by atoms with Crippen molar-refractivity contribution in [3.8, 4) is 0 Å². The van der Waals surface area contributed by atoms with Gasteiger partial charge in [-0.3, -0.25) is 4.79 Å². The lowest BCUT2D eigenvalue weighted by Gasteiger charge is -2.40. The van der Waals surface area contributed by atoms with Gasteiger partial charge in [-0.2, -0.15) is 0 Å². The van der Waals surface area contributed by atoms with Crippen molar-refractivity contribution in [2.24, 2.45) is 0 Å². The lowest BCUT2D eigenvalue weighted by molar-refractivity contribution is -0.137. The zero-order valence-electron chi connectivity index (χ0n) is 14.9. The Morgan fingerprint density at radius 3 is 2.50 bits per heavy atom. The van der Waals surface area contributed by atoms with Gasteiger partial charge in [0.25, 0.3) is 0 Å². The first-order chi connectivity index (χ1) is 11.8. The number of hydrogen-bond acceptors (Lipinski definition) is 2. The number of likely N-dealkylation sites (tertiary alicyclic amines) is 1. The lowest BCUT2D eigenvalue weighted by atomic mass is 9.81. The molecule has 1 amide bonds. The maximum atomic E-state index is 13.5. The number of piperidine rings is 1. The van der Waals surface area contributed by atoms with E-state index in [0.717, 1.165) is 51.7 Å². The summed E-state index contributed by atoms with van der Waals surface area (Å²) in [5.74, 6) is 0.541. The Hall–Kier alpha value is -1.35. The highest BCUT2D eigenvalue weighted by molar-refractivity contribution is 5.85. The third kappa shape index (κ3) is 3.11. The van der Waals surface area contributed by atoms with Gasteiger partial charge >= 0.3 is 0 Å². The number of fused-ring (bicyclic) bond motifs is 1. The van der Waals surface area contributed by atoms with Crippen LogP contribution >= 0.6 is 0 Å². The van der Waals surface area contributed by atoms with Gasteiger partial charge in [0.2, 0.25) is 5.91 Å². The molecule has 1 aromatic carbocycles. The molecule has 1 aliphatic heterocycles. The van der Waals surface area contributed by atoms with Gasteiger partial charge in [0.1, 0.15) is 0 Å². The molecule has 0 aromatic heterocycles. The van der Waals surface area contributed by atoms with Crippen molar-refractivity contribution in [3.63, 3.8) is 0 Å². The number of benzene rings is 1. The first kappa shape index (κ1) is 16.1. The molecule has 24 heavy (non-hydrogen) atoms. The minimum atomic E-state index is 0.111. The Balaban J connectivity index is 1.53. The molecule has 0 radical (unpaired) electrons. The van der Waals surface area contributed by atoms with Gasteiger partial charge in [-0.15, -0.1) is 0 Å². The van der Waals surface area contributed by atoms with Crippen molar-refractivity contribution in [2.75, 3.05) is 19.6 Å². The van der Waals surface area contributed by atoms with Crippen LogP contribution in [-0.4, -0.2) is 47.4 Å². The molecule has 3 nitrogen and oxygen atoms in total. The molecule has 1 saturated carbocycles. The van der Waals surface area contributed by atoms with Crippen LogP contribution in [0.5, 0.6) is 0 Å². The highest BCUT2D eigenvalue weighted by Gasteiger charge is 2.41. The van der Waals surface area contributed by atoms with Gasteiger partial charge in [0, 0.05) is 25.2 Å². The van der Waals surface area contributed by atoms with E-state index in [9.17, 15) is 4.79 Å². The topological polar surface area (TPSA) is 23.6 Å². The van der Waals surface area contributed by atoms with E-state index in [0.29, 0.717) is 18.0 Å². The molecule has 3 heteroatoms. The van der Waals surface area contributed by atoms with Crippen LogP contribution in [0.4, 0.5) is 0 Å². The summed E-state index contributed by atoms with van der Waals surface area (Å²) in [5.41, 5.74) is 2.71. The maximum Gasteiger partial charge on any atom is 0.230 e. The van der Waals surface area contributed by atoms with Crippen molar-refractivity contribution in [3.05, 3.63) is 35.4 Å². The van der Waals surface area contributed by atoms with Crippen LogP contribution < -0.4 is 0 Å². The van der Waals surface area contributed by atoms with Gasteiger partial charge in [-0.1, -0.05) is 31.2 Å². The van der Waals surface area contributed by atoms with E-state index >= 15 is 0 Å². The second-order valence-electron chi connectivity index (χ2n) is 7.79. The number of nitrogens with zero attached hydrogens (tertiary/aromatic N) is 2. The van der Waals surface area contributed by atoms with Crippen LogP contribution in [0.2, 0.25) is 0 Å². The van der Waals surface area contributed by atoms with Crippen molar-refractivity contribution in [1.29, 1.82) is 0 Å². The second kappa shape index (κ2) is 6.87. The number of carbonyl (C=O) groups excluding carboxylic acids is 1. The predicted molar refractivity (Wildman–Crippen MR) is 97.1 cm³/mol. The normalized spacial score (nSPS) is 25.3. The van der Waals surface area contributed by atoms with Crippen molar-refractivity contribution in [1.82, 2.24) is 9.80 Å². The number of carbonyl (C=O) groups is 1. The SMILES string of the molecule is CCN1CCC(N(C(=O)[C@@H]2CCCc3ccccc32)C2CC2)CC1. The fourth-order valence-electron chi connectivity index (χ4n) is 4.71. The number of rotatable bonds is 4. The van der Waals surface area contributed by atoms with E-state index in [2.05, 4.69) is 41.0 Å². The van der Waals surface area contributed by atoms with Gasteiger partial charge in [0.15, 0.2) is 0 Å². The third-order valence-corrected chi connectivity index (χ3v) is 6.26. The van der Waals surface area contributed by atoms with Crippen LogP contribution in [-0.2, 0) is 11.2 Å². The number of aryl methyl sites for hydroxylation is 1. The van der Waals surface area contributed by atoms with E-state index < -0.39 is 0 Å². The second-order valence-corrected chi connectivity index (χ2v) is 7.79. The summed E-state index contributed by atoms with van der Waals surface area (Å²) in [4.78, 5) is 18.4. The van der Waals surface area contributed by atoms with Crippen LogP contribution in [0.25, 0.3) is 0 Å². The quantitative estimate of drug-likeness (QED) is 0.844. The molecule has 3 aliphatic rings. The van der Waals surface area contributed by atoms with Crippen molar-refractivity contribution >= 4 is 5.91 Å². The van der Waals surface area contributed by atoms with E-state index in [4.69, 9.17) is 0 Å². The van der Waals surface area contributed by atoms with Crippen LogP contribution in [0.3, 0.4) is 0 Å². The van der Waals surface area contributed by atoms with Crippen LogP contribution in [0.1, 0.15) is 62.5 Å². The summed E-state index contributed by atoms with van der Waals surface area (Å²) in [5, 5.41) is 0. The summed E-state index contributed by atoms with van der Waals surface area (Å²) in [6.45, 7) is 5.68. The number of hydrogen-bond donors (Lipinski definition) is 0. The summed E-state index contributed by atoms with van der Waals surface area (Å²) < 4.78 is 0. The Kier molecular flexibility index (Phi) is 4.62. The molecule has 0 bridgehead atoms. The van der Waals surface area contributed by atoms with E-state index in [-0.39, 0.29) is 5.92 Å². The molecule has 1 aromatic rings. The molecule has 0 spiro atoms. The Bertz CT molecular complexity index is 587. The molecule has 2 fully saturated rings. The molecular formula is C21H30N2O. The molecular weight excluding hydrogens is 296 g/mol. The highest BCUT2D eigenvalue weighted by Crippen LogP contribution is 2.38. The molecule has 1 heterocycles. The average molecular weight is 326 g/mol. The fourth-order valence-corrected chi connectivity index (χ4v) is 4.71. The fraction of sp³-hybridized carbons (Fsp3) is 0.667. The first-order valence-corrected chi connectivity index (χ1v) is 9.90. The average Bonchev–Trinajstić information content (AvgIpc) is 3.47. The van der Waals surface area contributed by atoms with Gasteiger partial charge in [-0.25, -0.2) is 0 Å². The Morgan fingerprint density at radius 1 is 1.08 bits per heavy atom. The minimum absolute atomic E-state index is 0.111. The zero-order chi connectivity index (χ0) is 16.5. The van der Waals surface area contributed by atoms with E-state index in [1.807, 2.05) is 0 Å². The molecule has 130 valence electrons. The summed E-state index contributed by atoms with van der Waals surface area (Å²) in [6.07, 6.45) is 8.07. The highest BCUT2D eigenvalue weighted by atomic mass is 16.2. The van der Waals surface area contributed by atoms with Crippen LogP contribution in [0.15, 0.2) is 24.3 Å². The lowest BCUT2D eigenvalue weighted by Crippen LogP contribution is -2.50. The maximum absolute atomic E-state index is 13.5. The molecule has 2 aliphatic carbocycles. The minimum Gasteiger partial charge on any atom is -0.336 e. The van der Waals surface area contributed by atoms with Gasteiger partial charge in [-0.05, 0) is 62.6 Å². The number of amides is 1. The predicted octanol–water partition coefficient (Wildman–Crippen LogP) is 3.58. The summed E-state index contributed by atoms with van der Waals surface area (Å²) in [6, 6.07) is 9.64. The van der Waals surface area contributed by atoms with Gasteiger partial charge < -0.3 is 9.80 Å². The monoisotopic (exact) mass is 326 g/mol.